The number of rotatable bonds is 7. The first-order valence-electron chi connectivity index (χ1n) is 6.38. The number of halogens is 4. The van der Waals surface area contributed by atoms with E-state index in [0.29, 0.717) is 23.8 Å². The molecule has 0 aliphatic rings. The van der Waals surface area contributed by atoms with Gasteiger partial charge in [0.15, 0.2) is 0 Å². The predicted molar refractivity (Wildman–Crippen MR) is 78.2 cm³/mol. The second kappa shape index (κ2) is 7.11. The zero-order valence-electron chi connectivity index (χ0n) is 11.6. The molecule has 0 saturated heterocycles. The minimum absolute atomic E-state index is 0.0900. The Balaban J connectivity index is 2.57. The molecule has 1 aromatic heterocycles. The van der Waals surface area contributed by atoms with Crippen LogP contribution >= 0.6 is 22.9 Å². The van der Waals surface area contributed by atoms with Crippen LogP contribution in [0.5, 0.6) is 0 Å². The molecule has 20 heavy (non-hydrogen) atoms. The third kappa shape index (κ3) is 5.60. The molecule has 1 atom stereocenters. The van der Waals surface area contributed by atoms with Crippen molar-refractivity contribution in [2.75, 3.05) is 13.6 Å². The van der Waals surface area contributed by atoms with Crippen molar-refractivity contribution in [1.29, 1.82) is 0 Å². The molecule has 1 aromatic rings. The molecule has 1 unspecified atom stereocenters. The molecule has 0 aliphatic heterocycles. The van der Waals surface area contributed by atoms with Crippen LogP contribution in [-0.4, -0.2) is 30.2 Å². The molecule has 0 spiro atoms. The van der Waals surface area contributed by atoms with Gasteiger partial charge in [0.05, 0.1) is 4.34 Å². The van der Waals surface area contributed by atoms with Gasteiger partial charge in [-0.15, -0.1) is 11.3 Å². The van der Waals surface area contributed by atoms with Crippen LogP contribution in [0.1, 0.15) is 31.1 Å². The van der Waals surface area contributed by atoms with Crippen LogP contribution in [0.3, 0.4) is 0 Å². The maximum Gasteiger partial charge on any atom is 0.389 e. The topological polar surface area (TPSA) is 29.3 Å². The summed E-state index contributed by atoms with van der Waals surface area (Å²) in [6.07, 6.45) is -4.36. The van der Waals surface area contributed by atoms with Gasteiger partial charge < -0.3 is 5.73 Å². The highest BCUT2D eigenvalue weighted by Gasteiger charge is 2.31. The number of alkyl halides is 3. The smallest absolute Gasteiger partial charge is 0.329 e. The molecule has 0 saturated carbocycles. The number of thiophene rings is 1. The molecular weight excluding hydrogens is 309 g/mol. The summed E-state index contributed by atoms with van der Waals surface area (Å²) in [4.78, 5) is 3.08. The summed E-state index contributed by atoms with van der Waals surface area (Å²) < 4.78 is 37.4. The van der Waals surface area contributed by atoms with E-state index in [1.807, 2.05) is 31.0 Å². The molecule has 1 heterocycles. The zero-order valence-corrected chi connectivity index (χ0v) is 13.2. The van der Waals surface area contributed by atoms with Crippen molar-refractivity contribution >= 4 is 22.9 Å². The van der Waals surface area contributed by atoms with E-state index < -0.39 is 18.1 Å². The molecule has 0 radical (unpaired) electrons. The summed E-state index contributed by atoms with van der Waals surface area (Å²) in [5.74, 6) is 0. The Hall–Kier alpha value is -0.300. The van der Waals surface area contributed by atoms with Crippen molar-refractivity contribution in [2.45, 2.75) is 44.4 Å². The maximum atomic E-state index is 12.2. The minimum atomic E-state index is -4.10. The number of nitrogens with two attached hydrogens (primary N) is 1. The normalized spacial score (nSPS) is 15.6. The first-order valence-corrected chi connectivity index (χ1v) is 7.58. The molecule has 0 aromatic carbocycles. The highest BCUT2D eigenvalue weighted by molar-refractivity contribution is 7.16. The molecule has 0 amide bonds. The predicted octanol–water partition coefficient (Wildman–Crippen LogP) is 4.28. The van der Waals surface area contributed by atoms with Gasteiger partial charge in [0.2, 0.25) is 0 Å². The largest absolute Gasteiger partial charge is 0.389 e. The van der Waals surface area contributed by atoms with Crippen LogP contribution < -0.4 is 5.73 Å². The molecule has 0 aliphatic carbocycles. The quantitative estimate of drug-likeness (QED) is 0.809. The first kappa shape index (κ1) is 17.8. The fourth-order valence-corrected chi connectivity index (χ4v) is 3.12. The molecule has 7 heteroatoms. The van der Waals surface area contributed by atoms with Gasteiger partial charge in [-0.25, -0.2) is 0 Å². The Bertz CT molecular complexity index is 422. The SMILES string of the molecule is CN(Cc1ccc(Cl)s1)C(C)(CN)CCCC(F)(F)F. The van der Waals surface area contributed by atoms with E-state index in [1.165, 1.54) is 11.3 Å². The van der Waals surface area contributed by atoms with Crippen molar-refractivity contribution in [3.8, 4) is 0 Å². The van der Waals surface area contributed by atoms with E-state index in [1.54, 1.807) is 0 Å². The van der Waals surface area contributed by atoms with Crippen LogP contribution in [0.4, 0.5) is 13.2 Å². The summed E-state index contributed by atoms with van der Waals surface area (Å²) in [6, 6.07) is 3.75. The van der Waals surface area contributed by atoms with Crippen molar-refractivity contribution in [3.05, 3.63) is 21.3 Å². The van der Waals surface area contributed by atoms with Crippen LogP contribution in [0.15, 0.2) is 12.1 Å². The van der Waals surface area contributed by atoms with Gasteiger partial charge in [0.25, 0.3) is 0 Å². The highest BCUT2D eigenvalue weighted by atomic mass is 35.5. The second-order valence-electron chi connectivity index (χ2n) is 5.23. The molecular formula is C13H20ClF3N2S. The van der Waals surface area contributed by atoms with Crippen molar-refractivity contribution < 1.29 is 13.2 Å². The Morgan fingerprint density at radius 2 is 1.95 bits per heavy atom. The Labute approximate surface area is 126 Å². The third-order valence-corrected chi connectivity index (χ3v) is 4.77. The molecule has 1 rings (SSSR count). The number of hydrogen-bond acceptors (Lipinski definition) is 3. The van der Waals surface area contributed by atoms with Crippen molar-refractivity contribution in [2.24, 2.45) is 5.73 Å². The van der Waals surface area contributed by atoms with E-state index in [-0.39, 0.29) is 6.42 Å². The standard InChI is InChI=1S/C13H20ClF3N2S/c1-12(9-18,6-3-7-13(15,16)17)19(2)8-10-4-5-11(14)20-10/h4-5H,3,6-9,18H2,1-2H3. The van der Waals surface area contributed by atoms with E-state index in [2.05, 4.69) is 0 Å². The van der Waals surface area contributed by atoms with Gasteiger partial charge in [0.1, 0.15) is 0 Å². The van der Waals surface area contributed by atoms with Crippen LogP contribution in [-0.2, 0) is 6.54 Å². The van der Waals surface area contributed by atoms with Gasteiger partial charge in [-0.2, -0.15) is 13.2 Å². The molecule has 0 fully saturated rings. The van der Waals surface area contributed by atoms with E-state index in [9.17, 15) is 13.2 Å². The summed E-state index contributed by atoms with van der Waals surface area (Å²) in [7, 11) is 1.88. The minimum Gasteiger partial charge on any atom is -0.329 e. The lowest BCUT2D eigenvalue weighted by Gasteiger charge is -2.38. The Kier molecular flexibility index (Phi) is 6.31. The van der Waals surface area contributed by atoms with Crippen molar-refractivity contribution in [3.63, 3.8) is 0 Å². The fourth-order valence-electron chi connectivity index (χ4n) is 1.98. The van der Waals surface area contributed by atoms with Crippen molar-refractivity contribution in [1.82, 2.24) is 4.90 Å². The molecule has 2 N–H and O–H groups in total. The van der Waals surface area contributed by atoms with Gasteiger partial charge >= 0.3 is 6.18 Å². The van der Waals surface area contributed by atoms with Gasteiger partial charge in [-0.05, 0) is 38.9 Å². The summed E-state index contributed by atoms with van der Waals surface area (Å²) in [5, 5.41) is 0. The zero-order chi connectivity index (χ0) is 15.4. The van der Waals surface area contributed by atoms with E-state index in [4.69, 9.17) is 17.3 Å². The van der Waals surface area contributed by atoms with Gasteiger partial charge in [-0.3, -0.25) is 4.90 Å². The average Bonchev–Trinajstić information content (AvgIpc) is 2.72. The third-order valence-electron chi connectivity index (χ3n) is 3.56. The highest BCUT2D eigenvalue weighted by Crippen LogP contribution is 2.29. The summed E-state index contributed by atoms with van der Waals surface area (Å²) in [5.41, 5.74) is 5.33. The van der Waals surface area contributed by atoms with Gasteiger partial charge in [-0.1, -0.05) is 11.6 Å². The monoisotopic (exact) mass is 328 g/mol. The first-order chi connectivity index (χ1) is 9.16. The Morgan fingerprint density at radius 1 is 1.30 bits per heavy atom. The molecule has 116 valence electrons. The van der Waals surface area contributed by atoms with Crippen LogP contribution in [0.2, 0.25) is 4.34 Å². The lowest BCUT2D eigenvalue weighted by molar-refractivity contribution is -0.136. The lowest BCUT2D eigenvalue weighted by atomic mass is 9.93. The molecule has 0 bridgehead atoms. The fraction of sp³-hybridized carbons (Fsp3) is 0.692. The summed E-state index contributed by atoms with van der Waals surface area (Å²) in [6.45, 7) is 2.86. The molecule has 2 nitrogen and oxygen atoms in total. The Morgan fingerprint density at radius 3 is 2.40 bits per heavy atom. The van der Waals surface area contributed by atoms with E-state index >= 15 is 0 Å². The lowest BCUT2D eigenvalue weighted by Crippen LogP contribution is -2.49. The maximum absolute atomic E-state index is 12.2. The number of hydrogen-bond donors (Lipinski definition) is 1. The van der Waals surface area contributed by atoms with Crippen LogP contribution in [0.25, 0.3) is 0 Å². The summed E-state index contributed by atoms with van der Waals surface area (Å²) >= 11 is 7.35. The average molecular weight is 329 g/mol. The van der Waals surface area contributed by atoms with E-state index in [0.717, 1.165) is 4.88 Å². The van der Waals surface area contributed by atoms with Crippen LogP contribution in [0, 0.1) is 0 Å². The number of nitrogens with zero attached hydrogens (tertiary/aromatic N) is 1. The van der Waals surface area contributed by atoms with Gasteiger partial charge in [0, 0.05) is 29.9 Å². The number of likely N-dealkylation sites (N-methyl/N-ethyl adjacent to an activating group) is 1. The second-order valence-corrected chi connectivity index (χ2v) is 7.03.